The van der Waals surface area contributed by atoms with Crippen molar-refractivity contribution in [1.29, 1.82) is 0 Å². The molecule has 4 atom stereocenters. The van der Waals surface area contributed by atoms with E-state index in [4.69, 9.17) is 0 Å². The van der Waals surface area contributed by atoms with Crippen LogP contribution in [0.5, 0.6) is 0 Å². The van der Waals surface area contributed by atoms with E-state index in [0.717, 1.165) is 140 Å². The van der Waals surface area contributed by atoms with E-state index >= 15 is 0 Å². The van der Waals surface area contributed by atoms with Gasteiger partial charge in [-0.1, -0.05) is 83.1 Å². The minimum atomic E-state index is -0.397. The first-order valence-corrected chi connectivity index (χ1v) is 48.9. The average Bonchev–Trinajstić information content (AvgIpc) is 1.63. The Labute approximate surface area is 709 Å². The highest BCUT2D eigenvalue weighted by Gasteiger charge is 2.45. The maximum absolute atomic E-state index is 10.2. The second kappa shape index (κ2) is 57.0. The van der Waals surface area contributed by atoms with Gasteiger partial charge in [0.25, 0.3) is 0 Å². The molecule has 10 heterocycles. The number of rotatable bonds is 21. The van der Waals surface area contributed by atoms with E-state index in [0.29, 0.717) is 36.1 Å². The zero-order chi connectivity index (χ0) is 85.7. The van der Waals surface area contributed by atoms with Gasteiger partial charge in [-0.2, -0.15) is 0 Å². The first kappa shape index (κ1) is 108. The highest BCUT2D eigenvalue weighted by atomic mass is 16.3. The molecule has 0 aliphatic carbocycles. The van der Waals surface area contributed by atoms with Crippen molar-refractivity contribution >= 4 is 0 Å². The molecule has 10 fully saturated rings. The van der Waals surface area contributed by atoms with Crippen LogP contribution in [0.25, 0.3) is 0 Å². The molecule has 0 amide bonds. The molecule has 15 nitrogen and oxygen atoms in total. The number of piperazine rings is 2. The van der Waals surface area contributed by atoms with Crippen LogP contribution in [0, 0.1) is 47.3 Å². The van der Waals surface area contributed by atoms with Crippen molar-refractivity contribution in [3.8, 4) is 0 Å². The van der Waals surface area contributed by atoms with Crippen molar-refractivity contribution in [2.45, 2.75) is 441 Å². The highest BCUT2D eigenvalue weighted by molar-refractivity contribution is 5.01. The molecule has 0 aromatic carbocycles. The molecule has 0 aromatic heterocycles. The number of nitrogens with zero attached hydrogens (tertiary/aromatic N) is 12. The van der Waals surface area contributed by atoms with Gasteiger partial charge in [-0.25, -0.2) is 0 Å². The standard InChI is InChI=1S/C12H26N2.C11H22N2.2C11H24N2.C11H23NO.2C11H23N.C10H22N2.C10H21N/c1-10(2)13-9-12-5-7-14(8-6-12)11(3)4;1-8(2)12-6-11-5-10(12)7-13(11)9(3)4;1-9(2)12-11-5-7-13(8-6-11)10(3)4;1-10(2)12-6-5-7-13(9-8-12)11(3)4;1-9(2)11(13)5-7-12(8-6-11)10(3)4;1-9(2)11-5-7-12(8-6-11)10(3)4;1-9(2)11-6-5-7-12(8-11)10(3)4;1-9(2)11-5-7-12(8-6-11)10(3)4;1-8(2)10-5-6-11(7-10)9(3)4/h10-13H,5-9H2,1-4H3;8-11H,5-7H2,1-4H3;9-12H,5-8H2,1-4H3;10-11H,5-9H2,1-4H3;9-10,13H,5-8H2,1-4H3;2*9-11H,5-8H2,1-4H3;9-10H,5-8H2,1-4H3;8-10H,5-7H2,1-4H3. The number of hydrogen-bond donors (Lipinski definition) is 3. The molecule has 4 unspecified atom stereocenters. The Morgan fingerprint density at radius 3 is 0.850 bits per heavy atom. The van der Waals surface area contributed by atoms with Gasteiger partial charge in [0.1, 0.15) is 0 Å². The Morgan fingerprint density at radius 1 is 0.274 bits per heavy atom. The predicted molar refractivity (Wildman–Crippen MR) is 502 cm³/mol. The van der Waals surface area contributed by atoms with Crippen molar-refractivity contribution in [2.75, 3.05) is 151 Å². The van der Waals surface area contributed by atoms with Crippen molar-refractivity contribution in [3.05, 3.63) is 0 Å². The van der Waals surface area contributed by atoms with Gasteiger partial charge in [-0.05, 0) is 369 Å². The van der Waals surface area contributed by atoms with E-state index in [9.17, 15) is 5.11 Å². The Hall–Kier alpha value is -0.600. The molecular weight excluding hydrogens is 1390 g/mol. The van der Waals surface area contributed by atoms with Crippen molar-refractivity contribution in [1.82, 2.24) is 69.4 Å². The Bertz CT molecular complexity index is 2120. The summed E-state index contributed by atoms with van der Waals surface area (Å²) in [5.41, 5.74) is -0.397. The predicted octanol–water partition coefficient (Wildman–Crippen LogP) is 18.5. The Balaban J connectivity index is 0.000000432. The Kier molecular flexibility index (Phi) is 54.7. The summed E-state index contributed by atoms with van der Waals surface area (Å²) in [6.45, 7) is 111. The largest absolute Gasteiger partial charge is 0.390 e. The van der Waals surface area contributed by atoms with Gasteiger partial charge in [0.05, 0.1) is 5.60 Å². The summed E-state index contributed by atoms with van der Waals surface area (Å²) in [5, 5.41) is 17.4. The number of likely N-dealkylation sites (tertiary alicyclic amines) is 8. The second-order valence-electron chi connectivity index (χ2n) is 42.6. The van der Waals surface area contributed by atoms with E-state index < -0.39 is 5.60 Å². The molecule has 15 heteroatoms. The minimum Gasteiger partial charge on any atom is -0.390 e. The molecule has 3 N–H and O–H groups in total. The van der Waals surface area contributed by atoms with E-state index in [1.165, 1.54) is 208 Å². The van der Waals surface area contributed by atoms with E-state index in [-0.39, 0.29) is 0 Å². The normalized spacial score (nSPS) is 24.9. The molecule has 0 radical (unpaired) electrons. The number of hydrogen-bond acceptors (Lipinski definition) is 15. The van der Waals surface area contributed by atoms with Gasteiger partial charge in [0.15, 0.2) is 0 Å². The van der Waals surface area contributed by atoms with Crippen molar-refractivity contribution in [2.24, 2.45) is 47.3 Å². The second-order valence-corrected chi connectivity index (χ2v) is 42.6. The lowest BCUT2D eigenvalue weighted by Crippen LogP contribution is -2.50. The smallest absolute Gasteiger partial charge is 0.0694 e. The fourth-order valence-corrected chi connectivity index (χ4v) is 18.9. The molecule has 10 saturated heterocycles. The summed E-state index contributed by atoms with van der Waals surface area (Å²) in [4.78, 5) is 31.0. The zero-order valence-corrected chi connectivity index (χ0v) is 83.2. The molecule has 10 aliphatic heterocycles. The third-order valence-corrected chi connectivity index (χ3v) is 28.3. The van der Waals surface area contributed by atoms with Crippen LogP contribution in [0.1, 0.15) is 333 Å². The first-order chi connectivity index (χ1) is 52.8. The molecule has 0 aromatic rings. The number of aliphatic hydroxyl groups is 1. The maximum atomic E-state index is 10.2. The fraction of sp³-hybridized carbons (Fsp3) is 1.00. The number of nitrogens with one attached hydrogen (secondary N) is 2. The monoisotopic (exact) mass is 1600 g/mol. The number of piperidine rings is 5. The van der Waals surface area contributed by atoms with E-state index in [2.05, 4.69) is 319 Å². The average molecular weight is 1600 g/mol. The first-order valence-electron chi connectivity index (χ1n) is 48.9. The molecule has 0 spiro atoms. The number of fused-ring (bicyclic) bond motifs is 2. The summed E-state index contributed by atoms with van der Waals surface area (Å²) in [5.74, 6) is 6.82. The maximum Gasteiger partial charge on any atom is 0.0694 e. The lowest BCUT2D eigenvalue weighted by molar-refractivity contribution is -0.0613. The van der Waals surface area contributed by atoms with E-state index in [1.807, 2.05) is 0 Å². The Morgan fingerprint density at radius 2 is 0.558 bits per heavy atom. The van der Waals surface area contributed by atoms with Crippen LogP contribution in [-0.2, 0) is 0 Å². The van der Waals surface area contributed by atoms with Crippen molar-refractivity contribution < 1.29 is 5.11 Å². The highest BCUT2D eigenvalue weighted by Crippen LogP contribution is 2.34. The van der Waals surface area contributed by atoms with Crippen molar-refractivity contribution in [3.63, 3.8) is 0 Å². The van der Waals surface area contributed by atoms with Crippen LogP contribution in [0.15, 0.2) is 0 Å². The van der Waals surface area contributed by atoms with Gasteiger partial charge < -0.3 is 45.1 Å². The molecule has 10 aliphatic rings. The topological polar surface area (TPSA) is 83.2 Å². The van der Waals surface area contributed by atoms with Crippen LogP contribution >= 0.6 is 0 Å². The molecule has 113 heavy (non-hydrogen) atoms. The van der Waals surface area contributed by atoms with Gasteiger partial charge >= 0.3 is 0 Å². The molecule has 10 rings (SSSR count). The summed E-state index contributed by atoms with van der Waals surface area (Å²) < 4.78 is 0. The third kappa shape index (κ3) is 42.8. The molecule has 2 bridgehead atoms. The van der Waals surface area contributed by atoms with Gasteiger partial charge in [-0.15, -0.1) is 0 Å². The molecule has 0 saturated carbocycles. The molecule has 676 valence electrons. The van der Waals surface area contributed by atoms with Crippen LogP contribution in [-0.4, -0.2) is 323 Å². The van der Waals surface area contributed by atoms with Crippen LogP contribution in [0.3, 0.4) is 0 Å². The quantitative estimate of drug-likeness (QED) is 0.102. The molecular formula is C98H208N14O. The third-order valence-electron chi connectivity index (χ3n) is 28.3. The lowest BCUT2D eigenvalue weighted by atomic mass is 9.81. The van der Waals surface area contributed by atoms with Crippen LogP contribution < -0.4 is 10.6 Å². The summed E-state index contributed by atoms with van der Waals surface area (Å²) >= 11 is 0. The summed E-state index contributed by atoms with van der Waals surface area (Å²) in [6.07, 6.45) is 17.1. The van der Waals surface area contributed by atoms with E-state index in [1.54, 1.807) is 0 Å². The fourth-order valence-electron chi connectivity index (χ4n) is 18.9. The SMILES string of the molecule is CC(C)C1CCCN(C(C)C)C1.CC(C)C1CCN(C(C)C)C1.CC(C)C1CCN(C(C)C)CC1.CC(C)N1CC2CC1CN2C(C)C.CC(C)N1CCC(O)(C(C)C)CC1.CC(C)N1CCCN(C(C)C)CC1.CC(C)N1CCN(C(C)C)CC1.CC(C)NC1CCN(C(C)C)CC1.CC(C)NCC1CCN(C(C)C)CC1. The van der Waals surface area contributed by atoms with Gasteiger partial charge in [-0.3, -0.25) is 29.4 Å². The van der Waals surface area contributed by atoms with Gasteiger partial charge in [0, 0.05) is 181 Å². The van der Waals surface area contributed by atoms with Gasteiger partial charge in [0.2, 0.25) is 0 Å². The van der Waals surface area contributed by atoms with Crippen LogP contribution in [0.4, 0.5) is 0 Å². The summed E-state index contributed by atoms with van der Waals surface area (Å²) in [6, 6.07) is 12.4. The zero-order valence-electron chi connectivity index (χ0n) is 83.2. The van der Waals surface area contributed by atoms with Crippen LogP contribution in [0.2, 0.25) is 0 Å². The lowest BCUT2D eigenvalue weighted by Gasteiger charge is -2.42. The summed E-state index contributed by atoms with van der Waals surface area (Å²) in [7, 11) is 0. The minimum absolute atomic E-state index is 0.391.